The van der Waals surface area contributed by atoms with Crippen LogP contribution < -0.4 is 10.6 Å². The van der Waals surface area contributed by atoms with Crippen LogP contribution in [0.4, 0.5) is 13.6 Å². The Kier molecular flexibility index (Phi) is 3.94. The predicted octanol–water partition coefficient (Wildman–Crippen LogP) is 2.93. The van der Waals surface area contributed by atoms with Gasteiger partial charge >= 0.3 is 6.03 Å². The Bertz CT molecular complexity index is 799. The largest absolute Gasteiger partial charge is 0.335 e. The molecule has 1 heterocycles. The summed E-state index contributed by atoms with van der Waals surface area (Å²) in [7, 11) is 1.90. The number of rotatable bonds is 3. The van der Waals surface area contributed by atoms with E-state index in [9.17, 15) is 13.6 Å². The zero-order valence-corrected chi connectivity index (χ0v) is 13.9. The first-order valence-corrected chi connectivity index (χ1v) is 8.56. The standard InChI is InChI=1S/C18H20F2N4O/c1-24-16-7-3-6-14(11(16)9-21-24)22-18(25)23-15-8-10(15)17-12(19)4-2-5-13(17)20/h2,4-5,9-10,14-15H,3,6-8H2,1H3,(H2,22,23,25)/t10-,14+,15-/m1/s1. The smallest absolute Gasteiger partial charge is 0.315 e. The Morgan fingerprint density at radius 1 is 1.28 bits per heavy atom. The van der Waals surface area contributed by atoms with Crippen molar-refractivity contribution in [2.75, 3.05) is 0 Å². The lowest BCUT2D eigenvalue weighted by Gasteiger charge is -2.24. The minimum absolute atomic E-state index is 0.0695. The van der Waals surface area contributed by atoms with Crippen LogP contribution in [0.1, 0.15) is 48.0 Å². The molecule has 2 N–H and O–H groups in total. The van der Waals surface area contributed by atoms with Gasteiger partial charge in [-0.05, 0) is 37.8 Å². The molecular weight excluding hydrogens is 326 g/mol. The highest BCUT2D eigenvalue weighted by Gasteiger charge is 2.43. The summed E-state index contributed by atoms with van der Waals surface area (Å²) in [4.78, 5) is 12.3. The number of hydrogen-bond acceptors (Lipinski definition) is 2. The second-order valence-corrected chi connectivity index (χ2v) is 6.82. The highest BCUT2D eigenvalue weighted by molar-refractivity contribution is 5.75. The number of carbonyl (C=O) groups is 1. The van der Waals surface area contributed by atoms with Crippen molar-refractivity contribution in [1.82, 2.24) is 20.4 Å². The van der Waals surface area contributed by atoms with E-state index in [4.69, 9.17) is 0 Å². The van der Waals surface area contributed by atoms with Crippen molar-refractivity contribution in [2.45, 2.75) is 43.7 Å². The van der Waals surface area contributed by atoms with Crippen LogP contribution in [0.5, 0.6) is 0 Å². The van der Waals surface area contributed by atoms with Crippen LogP contribution in [0.25, 0.3) is 0 Å². The molecule has 0 radical (unpaired) electrons. The number of aromatic nitrogens is 2. The zero-order valence-electron chi connectivity index (χ0n) is 13.9. The molecule has 0 unspecified atom stereocenters. The van der Waals surface area contributed by atoms with Crippen molar-refractivity contribution in [3.05, 3.63) is 52.9 Å². The van der Waals surface area contributed by atoms with Crippen molar-refractivity contribution in [2.24, 2.45) is 7.05 Å². The summed E-state index contributed by atoms with van der Waals surface area (Å²) in [5.41, 5.74) is 2.27. The number of aryl methyl sites for hydroxylation is 1. The van der Waals surface area contributed by atoms with Gasteiger partial charge in [-0.2, -0.15) is 5.10 Å². The lowest BCUT2D eigenvalue weighted by atomic mass is 9.93. The SMILES string of the molecule is Cn1ncc2c1CCC[C@@H]2NC(=O)N[C@@H]1C[C@H]1c1c(F)cccc1F. The number of carbonyl (C=O) groups excluding carboxylic acids is 1. The van der Waals surface area contributed by atoms with Crippen LogP contribution >= 0.6 is 0 Å². The highest BCUT2D eigenvalue weighted by Crippen LogP contribution is 2.43. The number of nitrogens with zero attached hydrogens (tertiary/aromatic N) is 2. The minimum atomic E-state index is -0.554. The van der Waals surface area contributed by atoms with Gasteiger partial charge in [-0.25, -0.2) is 13.6 Å². The van der Waals surface area contributed by atoms with E-state index in [1.807, 2.05) is 11.7 Å². The fourth-order valence-corrected chi connectivity index (χ4v) is 3.76. The summed E-state index contributed by atoms with van der Waals surface area (Å²) >= 11 is 0. The van der Waals surface area contributed by atoms with Crippen molar-refractivity contribution >= 4 is 6.03 Å². The molecule has 0 saturated heterocycles. The minimum Gasteiger partial charge on any atom is -0.335 e. The van der Waals surface area contributed by atoms with E-state index >= 15 is 0 Å². The van der Waals surface area contributed by atoms with E-state index in [0.29, 0.717) is 6.42 Å². The second kappa shape index (κ2) is 6.13. The van der Waals surface area contributed by atoms with Gasteiger partial charge in [-0.1, -0.05) is 6.07 Å². The molecular formula is C18H20F2N4O. The number of hydrogen-bond donors (Lipinski definition) is 2. The van der Waals surface area contributed by atoms with Crippen LogP contribution in [0, 0.1) is 11.6 Å². The maximum Gasteiger partial charge on any atom is 0.315 e. The van der Waals surface area contributed by atoms with Gasteiger partial charge in [-0.3, -0.25) is 4.68 Å². The van der Waals surface area contributed by atoms with E-state index < -0.39 is 11.6 Å². The molecule has 2 aliphatic rings. The molecule has 1 saturated carbocycles. The molecule has 4 rings (SSSR count). The van der Waals surface area contributed by atoms with Crippen molar-refractivity contribution < 1.29 is 13.6 Å². The summed E-state index contributed by atoms with van der Waals surface area (Å²) in [6.07, 6.45) is 5.16. The van der Waals surface area contributed by atoms with Gasteiger partial charge in [0.15, 0.2) is 0 Å². The van der Waals surface area contributed by atoms with Crippen LogP contribution in [0.3, 0.4) is 0 Å². The quantitative estimate of drug-likeness (QED) is 0.898. The number of halogens is 2. The van der Waals surface area contributed by atoms with E-state index in [2.05, 4.69) is 15.7 Å². The molecule has 1 aromatic heterocycles. The maximum atomic E-state index is 13.8. The second-order valence-electron chi connectivity index (χ2n) is 6.82. The van der Waals surface area contributed by atoms with Gasteiger partial charge in [-0.15, -0.1) is 0 Å². The van der Waals surface area contributed by atoms with Crippen LogP contribution in [0.2, 0.25) is 0 Å². The molecule has 3 atom stereocenters. The summed E-state index contributed by atoms with van der Waals surface area (Å²) in [6, 6.07) is 3.24. The lowest BCUT2D eigenvalue weighted by Crippen LogP contribution is -2.40. The molecule has 0 spiro atoms. The monoisotopic (exact) mass is 346 g/mol. The molecule has 132 valence electrons. The zero-order chi connectivity index (χ0) is 17.6. The first kappa shape index (κ1) is 16.1. The molecule has 25 heavy (non-hydrogen) atoms. The normalized spacial score (nSPS) is 24.5. The fraction of sp³-hybridized carbons (Fsp3) is 0.444. The van der Waals surface area contributed by atoms with Crippen LogP contribution in [-0.2, 0) is 13.5 Å². The first-order chi connectivity index (χ1) is 12.0. The molecule has 7 heteroatoms. The van der Waals surface area contributed by atoms with Gasteiger partial charge in [0.1, 0.15) is 11.6 Å². The molecule has 2 aromatic rings. The number of urea groups is 1. The van der Waals surface area contributed by atoms with E-state index in [-0.39, 0.29) is 29.6 Å². The van der Waals surface area contributed by atoms with Crippen LogP contribution in [0.15, 0.2) is 24.4 Å². The molecule has 0 bridgehead atoms. The van der Waals surface area contributed by atoms with Crippen molar-refractivity contribution in [3.63, 3.8) is 0 Å². The van der Waals surface area contributed by atoms with Gasteiger partial charge in [0.25, 0.3) is 0 Å². The fourth-order valence-electron chi connectivity index (χ4n) is 3.76. The molecule has 1 aromatic carbocycles. The van der Waals surface area contributed by atoms with Gasteiger partial charge in [0.05, 0.1) is 12.2 Å². The Morgan fingerprint density at radius 3 is 2.80 bits per heavy atom. The predicted molar refractivity (Wildman–Crippen MR) is 88.1 cm³/mol. The average Bonchev–Trinajstić information content (AvgIpc) is 3.19. The van der Waals surface area contributed by atoms with E-state index in [1.165, 1.54) is 18.2 Å². The van der Waals surface area contributed by atoms with E-state index in [0.717, 1.165) is 30.5 Å². The molecule has 5 nitrogen and oxygen atoms in total. The Hall–Kier alpha value is -2.44. The lowest BCUT2D eigenvalue weighted by molar-refractivity contribution is 0.235. The number of amides is 2. The third kappa shape index (κ3) is 2.99. The Morgan fingerprint density at radius 2 is 2.04 bits per heavy atom. The van der Waals surface area contributed by atoms with Crippen LogP contribution in [-0.4, -0.2) is 21.9 Å². The molecule has 1 fully saturated rings. The molecule has 2 amide bonds. The third-order valence-corrected chi connectivity index (χ3v) is 5.16. The van der Waals surface area contributed by atoms with Gasteiger partial charge in [0, 0.05) is 35.8 Å². The Balaban J connectivity index is 1.38. The van der Waals surface area contributed by atoms with Crippen molar-refractivity contribution in [3.8, 4) is 0 Å². The van der Waals surface area contributed by atoms with Gasteiger partial charge in [0.2, 0.25) is 0 Å². The summed E-state index contributed by atoms with van der Waals surface area (Å²) in [5, 5.41) is 10.1. The Labute approximate surface area is 144 Å². The highest BCUT2D eigenvalue weighted by atomic mass is 19.1. The third-order valence-electron chi connectivity index (χ3n) is 5.16. The molecule has 2 aliphatic carbocycles. The topological polar surface area (TPSA) is 59.0 Å². The summed E-state index contributed by atoms with van der Waals surface area (Å²) in [5.74, 6) is -1.41. The summed E-state index contributed by atoms with van der Waals surface area (Å²) < 4.78 is 29.5. The number of fused-ring (bicyclic) bond motifs is 1. The van der Waals surface area contributed by atoms with Crippen molar-refractivity contribution in [1.29, 1.82) is 0 Å². The number of nitrogens with one attached hydrogen (secondary N) is 2. The first-order valence-electron chi connectivity index (χ1n) is 8.56. The summed E-state index contributed by atoms with van der Waals surface area (Å²) in [6.45, 7) is 0. The average molecular weight is 346 g/mol. The molecule has 0 aliphatic heterocycles. The van der Waals surface area contributed by atoms with Gasteiger partial charge < -0.3 is 10.6 Å². The maximum absolute atomic E-state index is 13.8. The van der Waals surface area contributed by atoms with E-state index in [1.54, 1.807) is 6.20 Å². The number of benzene rings is 1.